The number of hydrogen-bond acceptors (Lipinski definition) is 5. The number of methoxy groups -OCH3 is 1. The van der Waals surface area contributed by atoms with Crippen LogP contribution in [0.4, 0.5) is 5.82 Å². The van der Waals surface area contributed by atoms with Crippen LogP contribution in [0.2, 0.25) is 0 Å². The Morgan fingerprint density at radius 1 is 1.25 bits per heavy atom. The zero-order valence-corrected chi connectivity index (χ0v) is 8.92. The van der Waals surface area contributed by atoms with Crippen molar-refractivity contribution in [3.05, 3.63) is 42.5 Å². The van der Waals surface area contributed by atoms with Gasteiger partial charge in [-0.25, -0.2) is 9.97 Å². The molecule has 2 aromatic heterocycles. The molecule has 0 unspecified atom stereocenters. The van der Waals surface area contributed by atoms with Gasteiger partial charge in [0.2, 0.25) is 5.88 Å². The van der Waals surface area contributed by atoms with E-state index in [2.05, 4.69) is 20.3 Å². The van der Waals surface area contributed by atoms with Crippen LogP contribution in [-0.2, 0) is 6.54 Å². The second kappa shape index (κ2) is 5.06. The largest absolute Gasteiger partial charge is 0.481 e. The summed E-state index contributed by atoms with van der Waals surface area (Å²) in [5.41, 5.74) is 0.958. The van der Waals surface area contributed by atoms with Crippen molar-refractivity contribution >= 4 is 5.82 Å². The van der Waals surface area contributed by atoms with E-state index in [1.165, 1.54) is 6.33 Å². The van der Waals surface area contributed by atoms with Crippen LogP contribution in [0, 0.1) is 0 Å². The normalized spacial score (nSPS) is 9.81. The molecule has 0 aliphatic carbocycles. The summed E-state index contributed by atoms with van der Waals surface area (Å²) >= 11 is 0. The van der Waals surface area contributed by atoms with Gasteiger partial charge < -0.3 is 10.1 Å². The molecule has 0 saturated heterocycles. The lowest BCUT2D eigenvalue weighted by Gasteiger charge is -2.05. The summed E-state index contributed by atoms with van der Waals surface area (Å²) in [7, 11) is 1.57. The third-order valence-corrected chi connectivity index (χ3v) is 2.03. The van der Waals surface area contributed by atoms with Crippen LogP contribution in [0.1, 0.15) is 5.69 Å². The smallest absolute Gasteiger partial charge is 0.218 e. The van der Waals surface area contributed by atoms with Crippen molar-refractivity contribution in [3.8, 4) is 5.88 Å². The average molecular weight is 216 g/mol. The molecule has 5 heteroatoms. The second-order valence-corrected chi connectivity index (χ2v) is 3.12. The highest BCUT2D eigenvalue weighted by Gasteiger charge is 1.98. The molecule has 16 heavy (non-hydrogen) atoms. The minimum absolute atomic E-state index is 0.540. The van der Waals surface area contributed by atoms with Crippen molar-refractivity contribution < 1.29 is 4.74 Å². The quantitative estimate of drug-likeness (QED) is 0.839. The Balaban J connectivity index is 1.99. The van der Waals surface area contributed by atoms with Crippen molar-refractivity contribution in [3.63, 3.8) is 0 Å². The minimum atomic E-state index is 0.540. The van der Waals surface area contributed by atoms with Crippen molar-refractivity contribution in [2.75, 3.05) is 12.4 Å². The number of pyridine rings is 1. The van der Waals surface area contributed by atoms with Gasteiger partial charge in [0.05, 0.1) is 19.3 Å². The lowest BCUT2D eigenvalue weighted by molar-refractivity contribution is 0.397. The first-order chi connectivity index (χ1) is 7.88. The molecule has 5 nitrogen and oxygen atoms in total. The summed E-state index contributed by atoms with van der Waals surface area (Å²) in [6.07, 6.45) is 3.22. The molecule has 0 atom stereocenters. The first-order valence-electron chi connectivity index (χ1n) is 4.88. The fourth-order valence-electron chi connectivity index (χ4n) is 1.23. The number of hydrogen-bond donors (Lipinski definition) is 1. The molecule has 0 aliphatic heterocycles. The molecule has 0 aromatic carbocycles. The van der Waals surface area contributed by atoms with E-state index >= 15 is 0 Å². The Bertz CT molecular complexity index is 447. The summed E-state index contributed by atoms with van der Waals surface area (Å²) < 4.78 is 5.00. The SMILES string of the molecule is COc1cc(NCc2ccccn2)ncn1. The van der Waals surface area contributed by atoms with Crippen LogP contribution in [-0.4, -0.2) is 22.1 Å². The van der Waals surface area contributed by atoms with Crippen LogP contribution in [0.5, 0.6) is 5.88 Å². The number of anilines is 1. The lowest BCUT2D eigenvalue weighted by Crippen LogP contribution is -2.03. The Labute approximate surface area is 93.5 Å². The van der Waals surface area contributed by atoms with Crippen LogP contribution in [0.25, 0.3) is 0 Å². The number of nitrogens with one attached hydrogen (secondary N) is 1. The van der Waals surface area contributed by atoms with Crippen LogP contribution in [0.15, 0.2) is 36.8 Å². The van der Waals surface area contributed by atoms with Crippen molar-refractivity contribution in [2.24, 2.45) is 0 Å². The predicted molar refractivity (Wildman–Crippen MR) is 60.1 cm³/mol. The van der Waals surface area contributed by atoms with Crippen LogP contribution < -0.4 is 10.1 Å². The van der Waals surface area contributed by atoms with E-state index in [1.54, 1.807) is 19.4 Å². The Kier molecular flexibility index (Phi) is 3.28. The fraction of sp³-hybridized carbons (Fsp3) is 0.182. The summed E-state index contributed by atoms with van der Waals surface area (Å²) in [6.45, 7) is 0.626. The maximum atomic E-state index is 5.00. The van der Waals surface area contributed by atoms with Crippen molar-refractivity contribution in [1.29, 1.82) is 0 Å². The van der Waals surface area contributed by atoms with E-state index in [-0.39, 0.29) is 0 Å². The first-order valence-corrected chi connectivity index (χ1v) is 4.88. The second-order valence-electron chi connectivity index (χ2n) is 3.12. The van der Waals surface area contributed by atoms with Crippen LogP contribution in [0.3, 0.4) is 0 Å². The molecule has 0 spiro atoms. The van der Waals surface area contributed by atoms with Gasteiger partial charge in [-0.2, -0.15) is 0 Å². The average Bonchev–Trinajstić information content (AvgIpc) is 2.38. The molecular weight excluding hydrogens is 204 g/mol. The molecule has 82 valence electrons. The molecule has 2 aromatic rings. The minimum Gasteiger partial charge on any atom is -0.481 e. The van der Waals surface area contributed by atoms with E-state index in [0.717, 1.165) is 11.5 Å². The highest BCUT2D eigenvalue weighted by molar-refractivity contribution is 5.37. The zero-order chi connectivity index (χ0) is 11.2. The van der Waals surface area contributed by atoms with E-state index < -0.39 is 0 Å². The number of aromatic nitrogens is 3. The van der Waals surface area contributed by atoms with Gasteiger partial charge in [-0.15, -0.1) is 0 Å². The molecule has 0 saturated carbocycles. The monoisotopic (exact) mass is 216 g/mol. The Morgan fingerprint density at radius 2 is 2.19 bits per heavy atom. The molecule has 0 aliphatic rings. The van der Waals surface area contributed by atoms with Gasteiger partial charge in [0, 0.05) is 12.3 Å². The standard InChI is InChI=1S/C11H12N4O/c1-16-11-6-10(14-8-15-11)13-7-9-4-2-3-5-12-9/h2-6,8H,7H2,1H3,(H,13,14,15). The van der Waals surface area contributed by atoms with E-state index in [4.69, 9.17) is 4.74 Å². The van der Waals surface area contributed by atoms with Crippen LogP contribution >= 0.6 is 0 Å². The summed E-state index contributed by atoms with van der Waals surface area (Å²) in [5, 5.41) is 3.14. The van der Waals surface area contributed by atoms with Gasteiger partial charge in [0.1, 0.15) is 12.1 Å². The van der Waals surface area contributed by atoms with E-state index in [1.807, 2.05) is 18.2 Å². The highest BCUT2D eigenvalue weighted by Crippen LogP contribution is 2.10. The molecule has 0 fully saturated rings. The number of nitrogens with zero attached hydrogens (tertiary/aromatic N) is 3. The van der Waals surface area contributed by atoms with E-state index in [0.29, 0.717) is 12.4 Å². The first kappa shape index (κ1) is 10.4. The van der Waals surface area contributed by atoms with Gasteiger partial charge in [0.15, 0.2) is 0 Å². The van der Waals surface area contributed by atoms with Gasteiger partial charge >= 0.3 is 0 Å². The summed E-state index contributed by atoms with van der Waals surface area (Å²) in [5.74, 6) is 1.26. The number of ether oxygens (including phenoxy) is 1. The third kappa shape index (κ3) is 2.66. The predicted octanol–water partition coefficient (Wildman–Crippen LogP) is 1.49. The summed E-state index contributed by atoms with van der Waals surface area (Å²) in [4.78, 5) is 12.2. The number of rotatable bonds is 4. The lowest BCUT2D eigenvalue weighted by atomic mass is 10.3. The Hall–Kier alpha value is -2.17. The maximum Gasteiger partial charge on any atom is 0.218 e. The van der Waals surface area contributed by atoms with Gasteiger partial charge in [-0.1, -0.05) is 6.07 Å². The van der Waals surface area contributed by atoms with Gasteiger partial charge in [-0.05, 0) is 12.1 Å². The van der Waals surface area contributed by atoms with Gasteiger partial charge in [0.25, 0.3) is 0 Å². The maximum absolute atomic E-state index is 5.00. The molecule has 2 rings (SSSR count). The van der Waals surface area contributed by atoms with Crippen molar-refractivity contribution in [2.45, 2.75) is 6.54 Å². The molecule has 0 bridgehead atoms. The highest BCUT2D eigenvalue weighted by atomic mass is 16.5. The summed E-state index contributed by atoms with van der Waals surface area (Å²) in [6, 6.07) is 7.52. The third-order valence-electron chi connectivity index (χ3n) is 2.03. The fourth-order valence-corrected chi connectivity index (χ4v) is 1.23. The molecule has 2 heterocycles. The van der Waals surface area contributed by atoms with Gasteiger partial charge in [-0.3, -0.25) is 4.98 Å². The molecule has 1 N–H and O–H groups in total. The Morgan fingerprint density at radius 3 is 2.94 bits per heavy atom. The van der Waals surface area contributed by atoms with E-state index in [9.17, 15) is 0 Å². The molecule has 0 radical (unpaired) electrons. The van der Waals surface area contributed by atoms with Crippen molar-refractivity contribution in [1.82, 2.24) is 15.0 Å². The zero-order valence-electron chi connectivity index (χ0n) is 8.92. The topological polar surface area (TPSA) is 59.9 Å². The molecule has 0 amide bonds. The molecular formula is C11H12N4O.